The molecule has 6 heteroatoms. The van der Waals surface area contributed by atoms with Crippen molar-refractivity contribution in [1.82, 2.24) is 9.80 Å². The van der Waals surface area contributed by atoms with E-state index < -0.39 is 0 Å². The lowest BCUT2D eigenvalue weighted by Crippen LogP contribution is -2.43. The van der Waals surface area contributed by atoms with Crippen LogP contribution in [0.5, 0.6) is 0 Å². The molecule has 148 valence electrons. The molecule has 0 aromatic heterocycles. The molecule has 1 aromatic rings. The molecule has 3 rings (SSSR count). The Hall–Kier alpha value is -1.59. The summed E-state index contributed by atoms with van der Waals surface area (Å²) in [4.78, 5) is 28.9. The van der Waals surface area contributed by atoms with Crippen molar-refractivity contribution >= 4 is 23.5 Å². The van der Waals surface area contributed by atoms with E-state index in [0.717, 1.165) is 50.9 Å². The molecule has 2 aliphatic heterocycles. The number of carbonyl (C=O) groups is 2. The molecule has 0 spiro atoms. The van der Waals surface area contributed by atoms with Gasteiger partial charge in [0.15, 0.2) is 0 Å². The number of rotatable bonds is 5. The molecule has 1 atom stereocenters. The van der Waals surface area contributed by atoms with Gasteiger partial charge in [-0.25, -0.2) is 0 Å². The summed E-state index contributed by atoms with van der Waals surface area (Å²) in [5, 5.41) is 0.715. The number of hydrogen-bond donors (Lipinski definition) is 0. The third-order valence-electron chi connectivity index (χ3n) is 5.76. The van der Waals surface area contributed by atoms with Crippen molar-refractivity contribution in [1.29, 1.82) is 0 Å². The van der Waals surface area contributed by atoms with Crippen LogP contribution in [0.1, 0.15) is 44.6 Å². The number of ether oxygens (including phenoxy) is 1. The summed E-state index contributed by atoms with van der Waals surface area (Å²) in [6, 6.07) is 8.13. The highest BCUT2D eigenvalue weighted by Crippen LogP contribution is 2.26. The lowest BCUT2D eigenvalue weighted by Gasteiger charge is -2.36. The monoisotopic (exact) mass is 392 g/mol. The van der Waals surface area contributed by atoms with E-state index in [1.54, 1.807) is 0 Å². The quantitative estimate of drug-likeness (QED) is 0.719. The summed E-state index contributed by atoms with van der Waals surface area (Å²) in [7, 11) is 0. The van der Waals surface area contributed by atoms with Crippen molar-refractivity contribution < 1.29 is 14.3 Å². The zero-order valence-electron chi connectivity index (χ0n) is 16.0. The third-order valence-corrected chi connectivity index (χ3v) is 6.13. The van der Waals surface area contributed by atoms with Gasteiger partial charge >= 0.3 is 5.97 Å². The summed E-state index contributed by atoms with van der Waals surface area (Å²) in [5.41, 5.74) is 1.00. The van der Waals surface area contributed by atoms with Gasteiger partial charge in [0.05, 0.1) is 12.5 Å². The molecule has 2 saturated heterocycles. The summed E-state index contributed by atoms with van der Waals surface area (Å²) >= 11 is 6.26. The van der Waals surface area contributed by atoms with Crippen LogP contribution in [0.15, 0.2) is 24.3 Å². The zero-order chi connectivity index (χ0) is 19.2. The van der Waals surface area contributed by atoms with E-state index in [1.165, 1.54) is 0 Å². The van der Waals surface area contributed by atoms with Gasteiger partial charge in [0, 0.05) is 30.6 Å². The second-order valence-corrected chi connectivity index (χ2v) is 7.86. The van der Waals surface area contributed by atoms with Crippen molar-refractivity contribution in [3.63, 3.8) is 0 Å². The molecule has 0 bridgehead atoms. The normalized spacial score (nSPS) is 22.5. The molecular formula is C21H29ClN2O3. The van der Waals surface area contributed by atoms with E-state index in [1.807, 2.05) is 36.1 Å². The van der Waals surface area contributed by atoms with Crippen LogP contribution in [0.2, 0.25) is 5.02 Å². The van der Waals surface area contributed by atoms with E-state index in [-0.39, 0.29) is 17.8 Å². The zero-order valence-corrected chi connectivity index (χ0v) is 16.8. The Balaban J connectivity index is 1.53. The lowest BCUT2D eigenvalue weighted by atomic mass is 9.94. The van der Waals surface area contributed by atoms with Gasteiger partial charge in [-0.3, -0.25) is 9.59 Å². The van der Waals surface area contributed by atoms with Crippen LogP contribution >= 0.6 is 11.6 Å². The van der Waals surface area contributed by atoms with Crippen molar-refractivity contribution in [2.24, 2.45) is 5.92 Å². The first-order chi connectivity index (χ1) is 13.1. The number of amides is 1. The predicted octanol–water partition coefficient (Wildman–Crippen LogP) is 3.50. The van der Waals surface area contributed by atoms with Crippen LogP contribution < -0.4 is 0 Å². The fraction of sp³-hybridized carbons (Fsp3) is 0.619. The van der Waals surface area contributed by atoms with Crippen molar-refractivity contribution in [3.8, 4) is 0 Å². The summed E-state index contributed by atoms with van der Waals surface area (Å²) in [5.74, 6) is 0.184. The molecule has 0 N–H and O–H groups in total. The van der Waals surface area contributed by atoms with E-state index in [4.69, 9.17) is 16.3 Å². The van der Waals surface area contributed by atoms with E-state index in [9.17, 15) is 9.59 Å². The standard InChI is InChI=1S/C21H29ClN2O3/c1-2-27-21(26)16-9-12-23(13-10-16)18-7-8-20(25)24(14-11-18)15-17-5-3-4-6-19(17)22/h3-6,16,18H,2,7-15H2,1H3/t18-/m0/s1. The molecule has 2 heterocycles. The largest absolute Gasteiger partial charge is 0.466 e. The van der Waals surface area contributed by atoms with Crippen LogP contribution in [0.4, 0.5) is 0 Å². The smallest absolute Gasteiger partial charge is 0.309 e. The Labute approximate surface area is 166 Å². The first-order valence-corrected chi connectivity index (χ1v) is 10.4. The van der Waals surface area contributed by atoms with Crippen LogP contribution in [0.3, 0.4) is 0 Å². The average molecular weight is 393 g/mol. The first kappa shape index (κ1) is 20.2. The van der Waals surface area contributed by atoms with Gasteiger partial charge in [-0.05, 0) is 57.3 Å². The average Bonchev–Trinajstić information content (AvgIpc) is 2.86. The highest BCUT2D eigenvalue weighted by Gasteiger charge is 2.31. The second-order valence-electron chi connectivity index (χ2n) is 7.45. The van der Waals surface area contributed by atoms with Crippen LogP contribution in [0, 0.1) is 5.92 Å². The number of likely N-dealkylation sites (tertiary alicyclic amines) is 2. The second kappa shape index (κ2) is 9.56. The molecule has 27 heavy (non-hydrogen) atoms. The molecule has 0 aliphatic carbocycles. The molecule has 1 aromatic carbocycles. The van der Waals surface area contributed by atoms with Crippen LogP contribution in [-0.4, -0.2) is 54.0 Å². The molecule has 0 saturated carbocycles. The maximum Gasteiger partial charge on any atom is 0.309 e. The van der Waals surface area contributed by atoms with Gasteiger partial charge in [0.2, 0.25) is 5.91 Å². The number of benzene rings is 1. The van der Waals surface area contributed by atoms with Gasteiger partial charge in [0.1, 0.15) is 0 Å². The minimum Gasteiger partial charge on any atom is -0.466 e. The van der Waals surface area contributed by atoms with Crippen LogP contribution in [-0.2, 0) is 20.9 Å². The minimum absolute atomic E-state index is 0.0327. The van der Waals surface area contributed by atoms with E-state index in [0.29, 0.717) is 30.6 Å². The van der Waals surface area contributed by atoms with E-state index in [2.05, 4.69) is 4.90 Å². The number of nitrogens with zero attached hydrogens (tertiary/aromatic N) is 2. The number of piperidine rings is 1. The summed E-state index contributed by atoms with van der Waals surface area (Å²) in [6.07, 6.45) is 4.15. The maximum absolute atomic E-state index is 12.6. The van der Waals surface area contributed by atoms with E-state index >= 15 is 0 Å². The molecular weight excluding hydrogens is 364 g/mol. The molecule has 0 radical (unpaired) electrons. The summed E-state index contributed by atoms with van der Waals surface area (Å²) in [6.45, 7) is 5.46. The molecule has 2 aliphatic rings. The van der Waals surface area contributed by atoms with Gasteiger partial charge < -0.3 is 14.5 Å². The predicted molar refractivity (Wildman–Crippen MR) is 105 cm³/mol. The molecule has 2 fully saturated rings. The van der Waals surface area contributed by atoms with Gasteiger partial charge in [0.25, 0.3) is 0 Å². The third kappa shape index (κ3) is 5.23. The highest BCUT2D eigenvalue weighted by molar-refractivity contribution is 6.31. The van der Waals surface area contributed by atoms with Crippen molar-refractivity contribution in [2.75, 3.05) is 26.2 Å². The maximum atomic E-state index is 12.6. The first-order valence-electron chi connectivity index (χ1n) is 10.00. The fourth-order valence-corrected chi connectivity index (χ4v) is 4.34. The Bertz CT molecular complexity index is 659. The molecule has 5 nitrogen and oxygen atoms in total. The van der Waals surface area contributed by atoms with Crippen molar-refractivity contribution in [2.45, 2.75) is 51.6 Å². The SMILES string of the molecule is CCOC(=O)C1CCN([C@H]2CCC(=O)N(Cc3ccccc3Cl)CC2)CC1. The number of carbonyl (C=O) groups excluding carboxylic acids is 2. The Morgan fingerprint density at radius 2 is 1.89 bits per heavy atom. The minimum atomic E-state index is -0.0564. The van der Waals surface area contributed by atoms with Gasteiger partial charge in [-0.2, -0.15) is 0 Å². The number of halogens is 1. The van der Waals surface area contributed by atoms with Crippen molar-refractivity contribution in [3.05, 3.63) is 34.9 Å². The fourth-order valence-electron chi connectivity index (χ4n) is 4.15. The highest BCUT2D eigenvalue weighted by atomic mass is 35.5. The molecule has 1 amide bonds. The topological polar surface area (TPSA) is 49.9 Å². The van der Waals surface area contributed by atoms with Crippen LogP contribution in [0.25, 0.3) is 0 Å². The summed E-state index contributed by atoms with van der Waals surface area (Å²) < 4.78 is 5.16. The number of esters is 1. The lowest BCUT2D eigenvalue weighted by molar-refractivity contribution is -0.149. The Morgan fingerprint density at radius 1 is 1.15 bits per heavy atom. The molecule has 0 unspecified atom stereocenters. The Kier molecular flexibility index (Phi) is 7.13. The number of hydrogen-bond acceptors (Lipinski definition) is 4. The van der Waals surface area contributed by atoms with Gasteiger partial charge in [-0.15, -0.1) is 0 Å². The van der Waals surface area contributed by atoms with Gasteiger partial charge in [-0.1, -0.05) is 29.8 Å². The Morgan fingerprint density at radius 3 is 2.59 bits per heavy atom.